The number of anilines is 2. The van der Waals surface area contributed by atoms with Crippen LogP contribution in [0.3, 0.4) is 0 Å². The lowest BCUT2D eigenvalue weighted by Gasteiger charge is -2.27. The highest BCUT2D eigenvalue weighted by Crippen LogP contribution is 2.28. The predicted octanol–water partition coefficient (Wildman–Crippen LogP) is 0.173. The van der Waals surface area contributed by atoms with E-state index in [1.54, 1.807) is 0 Å². The Kier molecular flexibility index (Phi) is 3.79. The van der Waals surface area contributed by atoms with Crippen LogP contribution in [0.5, 0.6) is 0 Å². The molecule has 104 valence electrons. The molecular weight excluding hydrogens is 242 g/mol. The molecule has 0 amide bonds. The maximum absolute atomic E-state index is 5.57. The highest BCUT2D eigenvalue weighted by molar-refractivity contribution is 5.53. The Morgan fingerprint density at radius 2 is 2.05 bits per heavy atom. The van der Waals surface area contributed by atoms with E-state index in [-0.39, 0.29) is 0 Å². The number of nitrogens with zero attached hydrogens (tertiary/aromatic N) is 3. The van der Waals surface area contributed by atoms with Crippen molar-refractivity contribution in [2.24, 2.45) is 5.73 Å². The average molecular weight is 263 g/mol. The van der Waals surface area contributed by atoms with Crippen LogP contribution < -0.4 is 16.0 Å². The minimum Gasteiger partial charge on any atom is -0.378 e. The van der Waals surface area contributed by atoms with Crippen LogP contribution in [0.15, 0.2) is 0 Å². The van der Waals surface area contributed by atoms with E-state index in [0.717, 1.165) is 57.5 Å². The van der Waals surface area contributed by atoms with Gasteiger partial charge in [-0.25, -0.2) is 4.98 Å². The Hall–Kier alpha value is -1.40. The molecule has 0 spiro atoms. The molecule has 1 aromatic rings. The zero-order valence-corrected chi connectivity index (χ0v) is 11.2. The van der Waals surface area contributed by atoms with Crippen LogP contribution in [0.1, 0.15) is 17.7 Å². The monoisotopic (exact) mass is 263 g/mol. The topological polar surface area (TPSA) is 76.3 Å². The summed E-state index contributed by atoms with van der Waals surface area (Å²) in [7, 11) is 0. The van der Waals surface area contributed by atoms with Crippen LogP contribution >= 0.6 is 0 Å². The molecule has 0 saturated carbocycles. The fourth-order valence-electron chi connectivity index (χ4n) is 2.66. The molecule has 19 heavy (non-hydrogen) atoms. The molecule has 2 aliphatic rings. The lowest BCUT2D eigenvalue weighted by molar-refractivity contribution is 0.122. The molecular formula is C13H21N5O. The van der Waals surface area contributed by atoms with Gasteiger partial charge in [0.15, 0.2) is 0 Å². The number of nitrogens with one attached hydrogen (secondary N) is 1. The maximum Gasteiger partial charge on any atom is 0.227 e. The molecule has 0 unspecified atom stereocenters. The second-order valence-electron chi connectivity index (χ2n) is 4.97. The zero-order valence-electron chi connectivity index (χ0n) is 11.2. The molecule has 1 aliphatic heterocycles. The van der Waals surface area contributed by atoms with Crippen LogP contribution in [-0.2, 0) is 17.6 Å². The summed E-state index contributed by atoms with van der Waals surface area (Å²) >= 11 is 0. The molecule has 3 rings (SSSR count). The van der Waals surface area contributed by atoms with Gasteiger partial charge in [-0.05, 0) is 19.3 Å². The third kappa shape index (κ3) is 2.64. The quantitative estimate of drug-likeness (QED) is 0.806. The van der Waals surface area contributed by atoms with Gasteiger partial charge in [-0.2, -0.15) is 4.98 Å². The summed E-state index contributed by atoms with van der Waals surface area (Å²) in [6.07, 6.45) is 3.31. The number of rotatable bonds is 4. The van der Waals surface area contributed by atoms with E-state index in [0.29, 0.717) is 6.54 Å². The number of hydrogen-bond donors (Lipinski definition) is 2. The van der Waals surface area contributed by atoms with Crippen molar-refractivity contribution in [1.82, 2.24) is 9.97 Å². The number of fused-ring (bicyclic) bond motifs is 1. The largest absolute Gasteiger partial charge is 0.378 e. The van der Waals surface area contributed by atoms with E-state index in [9.17, 15) is 0 Å². The summed E-state index contributed by atoms with van der Waals surface area (Å²) in [6, 6.07) is 0. The van der Waals surface area contributed by atoms with Crippen molar-refractivity contribution in [3.8, 4) is 0 Å². The summed E-state index contributed by atoms with van der Waals surface area (Å²) < 4.78 is 5.38. The molecule has 1 aliphatic carbocycles. The van der Waals surface area contributed by atoms with Gasteiger partial charge in [0.25, 0.3) is 0 Å². The maximum atomic E-state index is 5.57. The van der Waals surface area contributed by atoms with E-state index >= 15 is 0 Å². The molecule has 3 N–H and O–H groups in total. The van der Waals surface area contributed by atoms with Crippen LogP contribution in [0, 0.1) is 0 Å². The summed E-state index contributed by atoms with van der Waals surface area (Å²) in [5, 5.41) is 3.34. The van der Waals surface area contributed by atoms with Gasteiger partial charge in [-0.3, -0.25) is 0 Å². The van der Waals surface area contributed by atoms with Crippen LogP contribution in [0.25, 0.3) is 0 Å². The summed E-state index contributed by atoms with van der Waals surface area (Å²) in [5.41, 5.74) is 8.06. The highest BCUT2D eigenvalue weighted by Gasteiger charge is 2.22. The minimum atomic E-state index is 0.617. The Balaban J connectivity index is 1.87. The first-order valence-corrected chi connectivity index (χ1v) is 7.05. The van der Waals surface area contributed by atoms with Crippen molar-refractivity contribution in [2.75, 3.05) is 49.6 Å². The van der Waals surface area contributed by atoms with E-state index in [1.165, 1.54) is 17.7 Å². The Bertz CT molecular complexity index is 445. The molecule has 2 heterocycles. The third-order valence-corrected chi connectivity index (χ3v) is 3.65. The van der Waals surface area contributed by atoms with E-state index in [4.69, 9.17) is 20.4 Å². The van der Waals surface area contributed by atoms with Gasteiger partial charge in [0.2, 0.25) is 5.95 Å². The molecule has 0 aromatic carbocycles. The van der Waals surface area contributed by atoms with Crippen molar-refractivity contribution >= 4 is 11.8 Å². The normalized spacial score (nSPS) is 18.5. The predicted molar refractivity (Wildman–Crippen MR) is 74.6 cm³/mol. The second-order valence-corrected chi connectivity index (χ2v) is 4.97. The summed E-state index contributed by atoms with van der Waals surface area (Å²) in [4.78, 5) is 11.6. The van der Waals surface area contributed by atoms with Crippen molar-refractivity contribution in [3.63, 3.8) is 0 Å². The Labute approximate surface area is 113 Å². The second kappa shape index (κ2) is 5.71. The highest BCUT2D eigenvalue weighted by atomic mass is 16.5. The van der Waals surface area contributed by atoms with Crippen molar-refractivity contribution < 1.29 is 4.74 Å². The number of ether oxygens (including phenoxy) is 1. The van der Waals surface area contributed by atoms with Gasteiger partial charge < -0.3 is 20.7 Å². The lowest BCUT2D eigenvalue weighted by Crippen LogP contribution is -2.37. The lowest BCUT2D eigenvalue weighted by atomic mass is 10.2. The van der Waals surface area contributed by atoms with Crippen molar-refractivity contribution in [2.45, 2.75) is 19.3 Å². The van der Waals surface area contributed by atoms with E-state index in [2.05, 4.69) is 10.2 Å². The fourth-order valence-corrected chi connectivity index (χ4v) is 2.66. The van der Waals surface area contributed by atoms with Gasteiger partial charge in [0, 0.05) is 31.7 Å². The molecule has 0 atom stereocenters. The van der Waals surface area contributed by atoms with Gasteiger partial charge in [-0.15, -0.1) is 0 Å². The zero-order chi connectivity index (χ0) is 13.1. The minimum absolute atomic E-state index is 0.617. The standard InChI is InChI=1S/C13H21N5O/c14-4-5-15-12-10-2-1-3-11(10)16-13(17-12)18-6-8-19-9-7-18/h1-9,14H2,(H,15,16,17). The molecule has 6 heteroatoms. The van der Waals surface area contributed by atoms with Crippen LogP contribution in [0.4, 0.5) is 11.8 Å². The average Bonchev–Trinajstić information content (AvgIpc) is 2.94. The smallest absolute Gasteiger partial charge is 0.227 e. The first-order chi connectivity index (χ1) is 9.38. The number of morpholine rings is 1. The van der Waals surface area contributed by atoms with Gasteiger partial charge in [0.05, 0.1) is 18.9 Å². The van der Waals surface area contributed by atoms with Crippen LogP contribution in [-0.4, -0.2) is 49.4 Å². The van der Waals surface area contributed by atoms with Gasteiger partial charge in [-0.1, -0.05) is 0 Å². The molecule has 6 nitrogen and oxygen atoms in total. The Morgan fingerprint density at radius 1 is 1.21 bits per heavy atom. The summed E-state index contributed by atoms with van der Waals surface area (Å²) in [6.45, 7) is 4.62. The van der Waals surface area contributed by atoms with E-state index in [1.807, 2.05) is 0 Å². The fraction of sp³-hybridized carbons (Fsp3) is 0.692. The van der Waals surface area contributed by atoms with Crippen molar-refractivity contribution in [1.29, 1.82) is 0 Å². The molecule has 1 saturated heterocycles. The molecule has 1 fully saturated rings. The van der Waals surface area contributed by atoms with Crippen LogP contribution in [0.2, 0.25) is 0 Å². The van der Waals surface area contributed by atoms with E-state index < -0.39 is 0 Å². The summed E-state index contributed by atoms with van der Waals surface area (Å²) in [5.74, 6) is 1.82. The number of aryl methyl sites for hydroxylation is 1. The van der Waals surface area contributed by atoms with Gasteiger partial charge >= 0.3 is 0 Å². The molecule has 0 radical (unpaired) electrons. The molecule has 1 aromatic heterocycles. The van der Waals surface area contributed by atoms with Crippen molar-refractivity contribution in [3.05, 3.63) is 11.3 Å². The Morgan fingerprint density at radius 3 is 2.84 bits per heavy atom. The van der Waals surface area contributed by atoms with Gasteiger partial charge in [0.1, 0.15) is 5.82 Å². The number of nitrogens with two attached hydrogens (primary N) is 1. The SMILES string of the molecule is NCCNc1nc(N2CCOCC2)nc2c1CCC2. The third-order valence-electron chi connectivity index (χ3n) is 3.65. The number of hydrogen-bond acceptors (Lipinski definition) is 6. The number of aromatic nitrogens is 2. The first-order valence-electron chi connectivity index (χ1n) is 7.05. The first kappa shape index (κ1) is 12.6. The molecule has 0 bridgehead atoms.